The molecule has 0 bridgehead atoms. The summed E-state index contributed by atoms with van der Waals surface area (Å²) in [7, 11) is 0. The van der Waals surface area contributed by atoms with Crippen molar-refractivity contribution in [2.24, 2.45) is 0 Å². The summed E-state index contributed by atoms with van der Waals surface area (Å²) in [6, 6.07) is 9.46. The highest BCUT2D eigenvalue weighted by Crippen LogP contribution is 2.32. The maximum atomic E-state index is 13.2. The lowest BCUT2D eigenvalue weighted by molar-refractivity contribution is 0.0971. The van der Waals surface area contributed by atoms with Gasteiger partial charge in [-0.2, -0.15) is 0 Å². The van der Waals surface area contributed by atoms with Crippen LogP contribution in [-0.4, -0.2) is 24.0 Å². The van der Waals surface area contributed by atoms with E-state index in [2.05, 4.69) is 4.98 Å². The summed E-state index contributed by atoms with van der Waals surface area (Å²) in [6.45, 7) is 2.60. The molecule has 0 N–H and O–H groups in total. The van der Waals surface area contributed by atoms with Crippen molar-refractivity contribution < 1.29 is 13.9 Å². The standard InChI is InChI=1S/C15H13FN2O2/c1-10-3-2-4-12(17-10)15(19)18-7-8-20-14-9-11(16)5-6-13(14)18/h2-6,9H,7-8H2,1H3. The van der Waals surface area contributed by atoms with Gasteiger partial charge in [0.2, 0.25) is 0 Å². The first-order valence-corrected chi connectivity index (χ1v) is 6.33. The van der Waals surface area contributed by atoms with Crippen molar-refractivity contribution in [3.05, 3.63) is 53.6 Å². The molecule has 0 unspecified atom stereocenters. The molecule has 4 nitrogen and oxygen atoms in total. The van der Waals surface area contributed by atoms with Gasteiger partial charge >= 0.3 is 0 Å². The molecule has 102 valence electrons. The van der Waals surface area contributed by atoms with Gasteiger partial charge in [0.15, 0.2) is 0 Å². The molecule has 20 heavy (non-hydrogen) atoms. The van der Waals surface area contributed by atoms with Crippen molar-refractivity contribution >= 4 is 11.6 Å². The van der Waals surface area contributed by atoms with Gasteiger partial charge in [0, 0.05) is 11.8 Å². The fraction of sp³-hybridized carbons (Fsp3) is 0.200. The zero-order valence-corrected chi connectivity index (χ0v) is 11.0. The number of hydrogen-bond acceptors (Lipinski definition) is 3. The van der Waals surface area contributed by atoms with Crippen LogP contribution >= 0.6 is 0 Å². The minimum absolute atomic E-state index is 0.204. The van der Waals surface area contributed by atoms with Crippen LogP contribution in [0.15, 0.2) is 36.4 Å². The van der Waals surface area contributed by atoms with Crippen molar-refractivity contribution in [3.8, 4) is 5.75 Å². The molecule has 1 aromatic heterocycles. The lowest BCUT2D eigenvalue weighted by Gasteiger charge is -2.29. The summed E-state index contributed by atoms with van der Waals surface area (Å²) in [5.74, 6) is -0.200. The Kier molecular flexibility index (Phi) is 3.10. The first kappa shape index (κ1) is 12.6. The van der Waals surface area contributed by atoms with Crippen LogP contribution in [0.3, 0.4) is 0 Å². The molecule has 2 aromatic rings. The Bertz CT molecular complexity index is 673. The summed E-state index contributed by atoms with van der Waals surface area (Å²) >= 11 is 0. The van der Waals surface area contributed by atoms with Crippen molar-refractivity contribution in [1.29, 1.82) is 0 Å². The van der Waals surface area contributed by atoms with E-state index < -0.39 is 0 Å². The minimum atomic E-state index is -0.383. The second kappa shape index (κ2) is 4.92. The van der Waals surface area contributed by atoms with Gasteiger partial charge in [-0.05, 0) is 31.2 Å². The Morgan fingerprint density at radius 2 is 2.20 bits per heavy atom. The van der Waals surface area contributed by atoms with Gasteiger partial charge in [0.25, 0.3) is 5.91 Å². The molecule has 3 rings (SSSR count). The molecule has 1 aliphatic heterocycles. The van der Waals surface area contributed by atoms with Crippen LogP contribution in [0.2, 0.25) is 0 Å². The number of hydrogen-bond donors (Lipinski definition) is 0. The average molecular weight is 272 g/mol. The molecule has 1 aliphatic rings. The number of rotatable bonds is 1. The number of anilines is 1. The van der Waals surface area contributed by atoms with Crippen molar-refractivity contribution in [2.45, 2.75) is 6.92 Å². The van der Waals surface area contributed by atoms with E-state index in [4.69, 9.17) is 4.74 Å². The SMILES string of the molecule is Cc1cccc(C(=O)N2CCOc3cc(F)ccc32)n1. The lowest BCUT2D eigenvalue weighted by Crippen LogP contribution is -2.38. The molecule has 5 heteroatoms. The molecule has 0 spiro atoms. The van der Waals surface area contributed by atoms with Crippen molar-refractivity contribution in [1.82, 2.24) is 4.98 Å². The molecule has 1 aromatic carbocycles. The van der Waals surface area contributed by atoms with Crippen LogP contribution in [0.25, 0.3) is 0 Å². The first-order chi connectivity index (χ1) is 9.65. The zero-order valence-electron chi connectivity index (χ0n) is 11.0. The maximum absolute atomic E-state index is 13.2. The summed E-state index contributed by atoms with van der Waals surface area (Å²) in [5, 5.41) is 0. The molecule has 0 saturated carbocycles. The molecule has 0 atom stereocenters. The Morgan fingerprint density at radius 3 is 3.00 bits per heavy atom. The number of carbonyl (C=O) groups is 1. The van der Waals surface area contributed by atoms with E-state index in [1.807, 2.05) is 13.0 Å². The predicted octanol–water partition coefficient (Wildman–Crippen LogP) is 2.57. The monoisotopic (exact) mass is 272 g/mol. The number of nitrogens with zero attached hydrogens (tertiary/aromatic N) is 2. The number of halogens is 1. The number of amides is 1. The quantitative estimate of drug-likeness (QED) is 0.801. The largest absolute Gasteiger partial charge is 0.489 e. The second-order valence-electron chi connectivity index (χ2n) is 4.58. The van der Waals surface area contributed by atoms with Crippen molar-refractivity contribution in [2.75, 3.05) is 18.1 Å². The first-order valence-electron chi connectivity index (χ1n) is 6.33. The minimum Gasteiger partial charge on any atom is -0.489 e. The van der Waals surface area contributed by atoms with Crippen LogP contribution in [0, 0.1) is 12.7 Å². The molecule has 0 fully saturated rings. The number of carbonyl (C=O) groups excluding carboxylic acids is 1. The molecule has 2 heterocycles. The van der Waals surface area contributed by atoms with Gasteiger partial charge in [-0.25, -0.2) is 9.37 Å². The van der Waals surface area contributed by atoms with Gasteiger partial charge in [-0.3, -0.25) is 4.79 Å². The third-order valence-electron chi connectivity index (χ3n) is 3.14. The Morgan fingerprint density at radius 1 is 1.35 bits per heavy atom. The molecular weight excluding hydrogens is 259 g/mol. The summed E-state index contributed by atoms with van der Waals surface area (Å²) < 4.78 is 18.6. The van der Waals surface area contributed by atoms with E-state index in [0.29, 0.717) is 30.3 Å². The molecule has 0 radical (unpaired) electrons. The van der Waals surface area contributed by atoms with E-state index in [9.17, 15) is 9.18 Å². The fourth-order valence-corrected chi connectivity index (χ4v) is 2.21. The summed E-state index contributed by atoms with van der Waals surface area (Å²) in [4.78, 5) is 18.3. The van der Waals surface area contributed by atoms with E-state index in [1.165, 1.54) is 12.1 Å². The predicted molar refractivity (Wildman–Crippen MR) is 72.5 cm³/mol. The Balaban J connectivity index is 1.98. The van der Waals surface area contributed by atoms with Crippen LogP contribution in [0.4, 0.5) is 10.1 Å². The number of ether oxygens (including phenoxy) is 1. The fourth-order valence-electron chi connectivity index (χ4n) is 2.21. The van der Waals surface area contributed by atoms with Gasteiger partial charge in [-0.15, -0.1) is 0 Å². The van der Waals surface area contributed by atoms with E-state index >= 15 is 0 Å². The topological polar surface area (TPSA) is 42.4 Å². The van der Waals surface area contributed by atoms with Crippen LogP contribution in [0.5, 0.6) is 5.75 Å². The van der Waals surface area contributed by atoms with Gasteiger partial charge in [0.05, 0.1) is 12.2 Å². The summed E-state index contributed by atoms with van der Waals surface area (Å²) in [6.07, 6.45) is 0. The van der Waals surface area contributed by atoms with E-state index in [0.717, 1.165) is 5.69 Å². The smallest absolute Gasteiger partial charge is 0.277 e. The average Bonchev–Trinajstić information content (AvgIpc) is 2.45. The van der Waals surface area contributed by atoms with Crippen LogP contribution < -0.4 is 9.64 Å². The lowest BCUT2D eigenvalue weighted by atomic mass is 10.2. The number of pyridine rings is 1. The third kappa shape index (κ3) is 2.22. The van der Waals surface area contributed by atoms with Crippen molar-refractivity contribution in [3.63, 3.8) is 0 Å². The zero-order chi connectivity index (χ0) is 14.1. The maximum Gasteiger partial charge on any atom is 0.277 e. The van der Waals surface area contributed by atoms with Crippen LogP contribution in [0.1, 0.15) is 16.2 Å². The molecule has 1 amide bonds. The number of fused-ring (bicyclic) bond motifs is 1. The second-order valence-corrected chi connectivity index (χ2v) is 4.58. The Hall–Kier alpha value is -2.43. The van der Waals surface area contributed by atoms with E-state index in [-0.39, 0.29) is 11.7 Å². The van der Waals surface area contributed by atoms with Gasteiger partial charge in [-0.1, -0.05) is 6.07 Å². The normalized spacial score (nSPS) is 13.6. The number of aromatic nitrogens is 1. The molecule has 0 aliphatic carbocycles. The summed E-state index contributed by atoms with van der Waals surface area (Å²) in [5.41, 5.74) is 1.73. The highest BCUT2D eigenvalue weighted by molar-refractivity contribution is 6.05. The highest BCUT2D eigenvalue weighted by Gasteiger charge is 2.25. The van der Waals surface area contributed by atoms with E-state index in [1.54, 1.807) is 23.1 Å². The third-order valence-corrected chi connectivity index (χ3v) is 3.14. The van der Waals surface area contributed by atoms with Gasteiger partial charge in [0.1, 0.15) is 23.9 Å². The van der Waals surface area contributed by atoms with Crippen LogP contribution in [-0.2, 0) is 0 Å². The highest BCUT2D eigenvalue weighted by atomic mass is 19.1. The Labute approximate surface area is 115 Å². The number of benzene rings is 1. The molecule has 0 saturated heterocycles. The van der Waals surface area contributed by atoms with Gasteiger partial charge < -0.3 is 9.64 Å². The number of aryl methyl sites for hydroxylation is 1. The molecular formula is C15H13FN2O2.